The number of fused-ring (bicyclic) bond motifs is 1. The standard InChI is InChI=1S/C13H14ClN/c1-13(2,15)11-7-3-6-10-9(11)5-4-8-12(10)14/h3-8H,15H2,1-2H3. The van der Waals surface area contributed by atoms with Gasteiger partial charge in [0.1, 0.15) is 0 Å². The summed E-state index contributed by atoms with van der Waals surface area (Å²) in [7, 11) is 0. The molecule has 0 heterocycles. The third-order valence-electron chi connectivity index (χ3n) is 2.56. The molecule has 0 aliphatic heterocycles. The zero-order valence-corrected chi connectivity index (χ0v) is 9.68. The Bertz CT molecular complexity index is 497. The number of rotatable bonds is 1. The fourth-order valence-corrected chi connectivity index (χ4v) is 2.07. The van der Waals surface area contributed by atoms with Crippen LogP contribution in [0.15, 0.2) is 36.4 Å². The van der Waals surface area contributed by atoms with E-state index in [0.29, 0.717) is 0 Å². The first-order valence-electron chi connectivity index (χ1n) is 4.97. The van der Waals surface area contributed by atoms with Gasteiger partial charge in [-0.1, -0.05) is 41.9 Å². The second-order valence-electron chi connectivity index (χ2n) is 4.36. The molecule has 0 atom stereocenters. The van der Waals surface area contributed by atoms with Crippen LogP contribution in [0.3, 0.4) is 0 Å². The Hall–Kier alpha value is -1.05. The summed E-state index contributed by atoms with van der Waals surface area (Å²) < 4.78 is 0. The molecule has 0 spiro atoms. The summed E-state index contributed by atoms with van der Waals surface area (Å²) in [5.41, 5.74) is 6.91. The van der Waals surface area contributed by atoms with Gasteiger partial charge >= 0.3 is 0 Å². The van der Waals surface area contributed by atoms with Crippen molar-refractivity contribution in [3.63, 3.8) is 0 Å². The third-order valence-corrected chi connectivity index (χ3v) is 2.89. The van der Waals surface area contributed by atoms with E-state index in [-0.39, 0.29) is 5.54 Å². The van der Waals surface area contributed by atoms with Crippen LogP contribution >= 0.6 is 11.6 Å². The largest absolute Gasteiger partial charge is 0.322 e. The molecule has 0 amide bonds. The van der Waals surface area contributed by atoms with E-state index in [2.05, 4.69) is 12.1 Å². The predicted molar refractivity (Wildman–Crippen MR) is 66.2 cm³/mol. The molecule has 2 N–H and O–H groups in total. The number of hydrogen-bond acceptors (Lipinski definition) is 1. The second-order valence-corrected chi connectivity index (χ2v) is 4.77. The van der Waals surface area contributed by atoms with Crippen molar-refractivity contribution in [3.8, 4) is 0 Å². The molecule has 1 nitrogen and oxygen atoms in total. The minimum Gasteiger partial charge on any atom is -0.322 e. The van der Waals surface area contributed by atoms with Gasteiger partial charge in [-0.15, -0.1) is 0 Å². The Morgan fingerprint density at radius 3 is 2.27 bits per heavy atom. The van der Waals surface area contributed by atoms with Crippen LogP contribution in [0.5, 0.6) is 0 Å². The number of halogens is 1. The first-order chi connectivity index (χ1) is 7.00. The number of nitrogens with two attached hydrogens (primary N) is 1. The maximum absolute atomic E-state index is 6.14. The second kappa shape index (κ2) is 3.51. The highest BCUT2D eigenvalue weighted by atomic mass is 35.5. The molecule has 78 valence electrons. The zero-order chi connectivity index (χ0) is 11.1. The van der Waals surface area contributed by atoms with Crippen molar-refractivity contribution < 1.29 is 0 Å². The van der Waals surface area contributed by atoms with Gasteiger partial charge in [-0.2, -0.15) is 0 Å². The lowest BCUT2D eigenvalue weighted by molar-refractivity contribution is 0.559. The van der Waals surface area contributed by atoms with Crippen LogP contribution in [0, 0.1) is 0 Å². The normalized spacial score (nSPS) is 12.0. The fourth-order valence-electron chi connectivity index (χ4n) is 1.83. The van der Waals surface area contributed by atoms with Crippen molar-refractivity contribution in [2.24, 2.45) is 5.73 Å². The van der Waals surface area contributed by atoms with Crippen LogP contribution in [0.4, 0.5) is 0 Å². The van der Waals surface area contributed by atoms with Crippen molar-refractivity contribution in [2.45, 2.75) is 19.4 Å². The molecule has 0 aromatic heterocycles. The summed E-state index contributed by atoms with van der Waals surface area (Å²) in [6.45, 7) is 4.01. The van der Waals surface area contributed by atoms with Gasteiger partial charge in [-0.05, 0) is 30.9 Å². The molecule has 2 rings (SSSR count). The van der Waals surface area contributed by atoms with Crippen molar-refractivity contribution in [3.05, 3.63) is 47.0 Å². The number of hydrogen-bond donors (Lipinski definition) is 1. The van der Waals surface area contributed by atoms with Crippen molar-refractivity contribution in [2.75, 3.05) is 0 Å². The molecule has 0 fully saturated rings. The van der Waals surface area contributed by atoms with Gasteiger partial charge in [0.25, 0.3) is 0 Å². The van der Waals surface area contributed by atoms with E-state index < -0.39 is 0 Å². The SMILES string of the molecule is CC(C)(N)c1cccc2c(Cl)cccc12. The highest BCUT2D eigenvalue weighted by Crippen LogP contribution is 2.30. The maximum Gasteiger partial charge on any atom is 0.0484 e. The van der Waals surface area contributed by atoms with Crippen molar-refractivity contribution in [1.82, 2.24) is 0 Å². The average molecular weight is 220 g/mol. The molecule has 2 aromatic carbocycles. The molecule has 0 aliphatic rings. The summed E-state index contributed by atoms with van der Waals surface area (Å²) >= 11 is 6.14. The summed E-state index contributed by atoms with van der Waals surface area (Å²) in [4.78, 5) is 0. The monoisotopic (exact) mass is 219 g/mol. The van der Waals surface area contributed by atoms with Gasteiger partial charge < -0.3 is 5.73 Å². The number of benzene rings is 2. The molecule has 0 aliphatic carbocycles. The first-order valence-corrected chi connectivity index (χ1v) is 5.34. The highest BCUT2D eigenvalue weighted by Gasteiger charge is 2.17. The maximum atomic E-state index is 6.14. The van der Waals surface area contributed by atoms with Crippen LogP contribution in [0.25, 0.3) is 10.8 Å². The molecule has 0 bridgehead atoms. The third kappa shape index (κ3) is 1.85. The van der Waals surface area contributed by atoms with E-state index in [4.69, 9.17) is 17.3 Å². The van der Waals surface area contributed by atoms with E-state index in [1.165, 1.54) is 0 Å². The van der Waals surface area contributed by atoms with Gasteiger partial charge in [0.2, 0.25) is 0 Å². The summed E-state index contributed by atoms with van der Waals surface area (Å²) in [6.07, 6.45) is 0. The smallest absolute Gasteiger partial charge is 0.0484 e. The fraction of sp³-hybridized carbons (Fsp3) is 0.231. The lowest BCUT2D eigenvalue weighted by atomic mass is 9.90. The van der Waals surface area contributed by atoms with Crippen LogP contribution in [-0.4, -0.2) is 0 Å². The average Bonchev–Trinajstić information content (AvgIpc) is 2.16. The van der Waals surface area contributed by atoms with E-state index in [1.54, 1.807) is 0 Å². The molecule has 2 aromatic rings. The predicted octanol–water partition coefficient (Wildman–Crippen LogP) is 3.69. The minimum absolute atomic E-state index is 0.343. The van der Waals surface area contributed by atoms with E-state index in [1.807, 2.05) is 38.1 Å². The van der Waals surface area contributed by atoms with Crippen LogP contribution in [-0.2, 0) is 5.54 Å². The van der Waals surface area contributed by atoms with Gasteiger partial charge in [0, 0.05) is 15.9 Å². The molecule has 0 radical (unpaired) electrons. The van der Waals surface area contributed by atoms with Gasteiger partial charge in [0.05, 0.1) is 0 Å². The van der Waals surface area contributed by atoms with Gasteiger partial charge in [-0.25, -0.2) is 0 Å². The van der Waals surface area contributed by atoms with Gasteiger partial charge in [-0.3, -0.25) is 0 Å². The van der Waals surface area contributed by atoms with Gasteiger partial charge in [0.15, 0.2) is 0 Å². The zero-order valence-electron chi connectivity index (χ0n) is 8.92. The summed E-state index contributed by atoms with van der Waals surface area (Å²) in [6, 6.07) is 12.0. The van der Waals surface area contributed by atoms with E-state index >= 15 is 0 Å². The summed E-state index contributed by atoms with van der Waals surface area (Å²) in [5.74, 6) is 0. The van der Waals surface area contributed by atoms with Crippen molar-refractivity contribution in [1.29, 1.82) is 0 Å². The molecule has 0 saturated carbocycles. The van der Waals surface area contributed by atoms with Crippen LogP contribution in [0.1, 0.15) is 19.4 Å². The minimum atomic E-state index is -0.343. The Kier molecular flexibility index (Phi) is 2.45. The van der Waals surface area contributed by atoms with E-state index in [0.717, 1.165) is 21.4 Å². The molecule has 0 unspecified atom stereocenters. The Labute approximate surface area is 94.9 Å². The Morgan fingerprint density at radius 1 is 1.00 bits per heavy atom. The first kappa shape index (κ1) is 10.5. The Morgan fingerprint density at radius 2 is 1.60 bits per heavy atom. The molecular formula is C13H14ClN. The van der Waals surface area contributed by atoms with Crippen LogP contribution in [0.2, 0.25) is 5.02 Å². The Balaban J connectivity index is 2.83. The summed E-state index contributed by atoms with van der Waals surface area (Å²) in [5, 5.41) is 2.98. The van der Waals surface area contributed by atoms with Crippen LogP contribution < -0.4 is 5.73 Å². The highest BCUT2D eigenvalue weighted by molar-refractivity contribution is 6.35. The molecular weight excluding hydrogens is 206 g/mol. The topological polar surface area (TPSA) is 26.0 Å². The quantitative estimate of drug-likeness (QED) is 0.778. The van der Waals surface area contributed by atoms with Crippen molar-refractivity contribution >= 4 is 22.4 Å². The lowest BCUT2D eigenvalue weighted by Gasteiger charge is -2.21. The molecule has 0 saturated heterocycles. The molecule has 15 heavy (non-hydrogen) atoms. The lowest BCUT2D eigenvalue weighted by Crippen LogP contribution is -2.28. The van der Waals surface area contributed by atoms with E-state index in [9.17, 15) is 0 Å². The molecule has 2 heteroatoms.